The molecule has 5 aromatic heterocycles. The minimum atomic E-state index is 0.182. The lowest BCUT2D eigenvalue weighted by Crippen LogP contribution is -2.36. The van der Waals surface area contributed by atoms with E-state index in [4.69, 9.17) is 19.7 Å². The average molecular weight is 485 g/mol. The molecule has 5 aromatic rings. The van der Waals surface area contributed by atoms with Gasteiger partial charge in [0.05, 0.1) is 37.2 Å². The number of ether oxygens (including phenoxy) is 1. The lowest BCUT2D eigenvalue weighted by atomic mass is 10.3. The van der Waals surface area contributed by atoms with Gasteiger partial charge in [0.25, 0.3) is 0 Å². The molecule has 6 rings (SSSR count). The highest BCUT2D eigenvalue weighted by molar-refractivity contribution is 5.82. The van der Waals surface area contributed by atoms with E-state index in [-0.39, 0.29) is 6.04 Å². The Morgan fingerprint density at radius 2 is 1.94 bits per heavy atom. The molecule has 1 saturated heterocycles. The van der Waals surface area contributed by atoms with Crippen LogP contribution in [0.2, 0.25) is 0 Å². The number of morpholine rings is 1. The molecule has 0 atom stereocenters. The number of fused-ring (bicyclic) bond motifs is 2. The minimum Gasteiger partial charge on any atom is -0.378 e. The van der Waals surface area contributed by atoms with Crippen LogP contribution >= 0.6 is 0 Å². The van der Waals surface area contributed by atoms with Gasteiger partial charge in [0.1, 0.15) is 22.9 Å². The molecule has 11 heteroatoms. The van der Waals surface area contributed by atoms with Crippen molar-refractivity contribution in [3.05, 3.63) is 54.4 Å². The Morgan fingerprint density at radius 1 is 1.08 bits per heavy atom. The van der Waals surface area contributed by atoms with E-state index in [1.165, 1.54) is 0 Å². The topological polar surface area (TPSA) is 111 Å². The van der Waals surface area contributed by atoms with Gasteiger partial charge in [-0.05, 0) is 32.9 Å². The molecular formula is C25H28N10O. The molecule has 0 spiro atoms. The van der Waals surface area contributed by atoms with Crippen molar-refractivity contribution < 1.29 is 4.74 Å². The number of aromatic nitrogens is 8. The van der Waals surface area contributed by atoms with E-state index in [1.807, 2.05) is 48.1 Å². The van der Waals surface area contributed by atoms with Gasteiger partial charge in [0.15, 0.2) is 11.6 Å². The van der Waals surface area contributed by atoms with Gasteiger partial charge in [-0.25, -0.2) is 15.0 Å². The highest BCUT2D eigenvalue weighted by Gasteiger charge is 2.21. The zero-order valence-corrected chi connectivity index (χ0v) is 20.6. The predicted molar refractivity (Wildman–Crippen MR) is 137 cm³/mol. The molecule has 0 bridgehead atoms. The summed E-state index contributed by atoms with van der Waals surface area (Å²) in [7, 11) is 0. The van der Waals surface area contributed by atoms with Crippen LogP contribution in [0.5, 0.6) is 0 Å². The van der Waals surface area contributed by atoms with Crippen molar-refractivity contribution in [2.45, 2.75) is 33.4 Å². The van der Waals surface area contributed by atoms with Crippen LogP contribution in [0.1, 0.15) is 25.4 Å². The summed E-state index contributed by atoms with van der Waals surface area (Å²) >= 11 is 0. The molecule has 0 amide bonds. The van der Waals surface area contributed by atoms with Gasteiger partial charge in [0.2, 0.25) is 5.65 Å². The summed E-state index contributed by atoms with van der Waals surface area (Å²) in [5, 5.41) is 12.0. The summed E-state index contributed by atoms with van der Waals surface area (Å²) in [6, 6.07) is 8.23. The molecule has 184 valence electrons. The molecule has 6 heterocycles. The first-order valence-corrected chi connectivity index (χ1v) is 12.1. The van der Waals surface area contributed by atoms with Crippen molar-refractivity contribution in [1.82, 2.24) is 39.1 Å². The van der Waals surface area contributed by atoms with E-state index in [1.54, 1.807) is 0 Å². The van der Waals surface area contributed by atoms with Gasteiger partial charge in [0, 0.05) is 37.6 Å². The maximum absolute atomic E-state index is 5.53. The van der Waals surface area contributed by atoms with Gasteiger partial charge in [-0.15, -0.1) is 10.2 Å². The zero-order valence-electron chi connectivity index (χ0n) is 20.6. The number of imidazole rings is 1. The van der Waals surface area contributed by atoms with Crippen molar-refractivity contribution in [3.8, 4) is 11.5 Å². The van der Waals surface area contributed by atoms with Gasteiger partial charge < -0.3 is 19.5 Å². The van der Waals surface area contributed by atoms with Crippen LogP contribution in [0.3, 0.4) is 0 Å². The third-order valence-electron chi connectivity index (χ3n) is 6.22. The largest absolute Gasteiger partial charge is 0.378 e. The summed E-state index contributed by atoms with van der Waals surface area (Å²) in [4.78, 5) is 21.5. The van der Waals surface area contributed by atoms with Crippen LogP contribution in [-0.2, 0) is 11.3 Å². The molecule has 36 heavy (non-hydrogen) atoms. The van der Waals surface area contributed by atoms with E-state index in [2.05, 4.69) is 49.9 Å². The Kier molecular flexibility index (Phi) is 5.68. The predicted octanol–water partition coefficient (Wildman–Crippen LogP) is 2.94. The molecule has 1 N–H and O–H groups in total. The van der Waals surface area contributed by atoms with Gasteiger partial charge in [-0.3, -0.25) is 9.38 Å². The second kappa shape index (κ2) is 9.15. The van der Waals surface area contributed by atoms with Crippen LogP contribution in [0.25, 0.3) is 28.2 Å². The third kappa shape index (κ3) is 4.11. The molecule has 0 radical (unpaired) electrons. The second-order valence-electron chi connectivity index (χ2n) is 9.19. The third-order valence-corrected chi connectivity index (χ3v) is 6.22. The number of rotatable bonds is 6. The van der Waals surface area contributed by atoms with Crippen LogP contribution in [0.4, 0.5) is 11.6 Å². The first kappa shape index (κ1) is 22.4. The molecule has 1 aliphatic rings. The average Bonchev–Trinajstić information content (AvgIpc) is 3.45. The fraction of sp³-hybridized carbons (Fsp3) is 0.360. The van der Waals surface area contributed by atoms with Crippen LogP contribution in [0.15, 0.2) is 42.9 Å². The van der Waals surface area contributed by atoms with Gasteiger partial charge in [-0.1, -0.05) is 6.07 Å². The summed E-state index contributed by atoms with van der Waals surface area (Å²) in [6.07, 6.45) is 5.60. The monoisotopic (exact) mass is 484 g/mol. The summed E-state index contributed by atoms with van der Waals surface area (Å²) in [6.45, 7) is 9.65. The highest BCUT2D eigenvalue weighted by atomic mass is 16.5. The lowest BCUT2D eigenvalue weighted by Gasteiger charge is -2.27. The summed E-state index contributed by atoms with van der Waals surface area (Å²) in [5.74, 6) is 3.11. The van der Waals surface area contributed by atoms with Crippen LogP contribution < -0.4 is 10.2 Å². The summed E-state index contributed by atoms with van der Waals surface area (Å²) < 4.78 is 9.64. The maximum atomic E-state index is 5.53. The van der Waals surface area contributed by atoms with Crippen molar-refractivity contribution in [2.75, 3.05) is 36.5 Å². The second-order valence-corrected chi connectivity index (χ2v) is 9.19. The first-order valence-electron chi connectivity index (χ1n) is 12.1. The number of nitrogens with zero attached hydrogens (tertiary/aromatic N) is 9. The maximum Gasteiger partial charge on any atom is 0.203 e. The van der Waals surface area contributed by atoms with Crippen LogP contribution in [0, 0.1) is 6.92 Å². The van der Waals surface area contributed by atoms with E-state index in [0.717, 1.165) is 47.3 Å². The molecule has 1 aliphatic heterocycles. The molecule has 0 aromatic carbocycles. The fourth-order valence-corrected chi connectivity index (χ4v) is 4.48. The van der Waals surface area contributed by atoms with E-state index < -0.39 is 0 Å². The quantitative estimate of drug-likeness (QED) is 0.389. The molecule has 1 fully saturated rings. The minimum absolute atomic E-state index is 0.182. The fourth-order valence-electron chi connectivity index (χ4n) is 4.48. The normalized spacial score (nSPS) is 14.3. The summed E-state index contributed by atoms with van der Waals surface area (Å²) in [5.41, 5.74) is 4.12. The SMILES string of the molecule is Cc1nnc2c(NC(C)C)nc(-c3nc4cnc(N5CCOCC5)cc4n3Cc3ccccn3)cn12. The number of pyridine rings is 2. The standard InChI is InChI=1S/C25H28N10O/c1-16(2)28-23-25-32-31-17(3)34(25)15-20(29-23)24-30-19-13-27-22(33-8-10-36-11-9-33)12-21(19)35(24)14-18-6-4-5-7-26-18/h4-7,12-13,15-16H,8-11,14H2,1-3H3,(H,28,29). The Hall–Kier alpha value is -4.12. The number of aryl methyl sites for hydroxylation is 1. The van der Waals surface area contributed by atoms with Crippen molar-refractivity contribution in [2.24, 2.45) is 0 Å². The molecule has 11 nitrogen and oxygen atoms in total. The van der Waals surface area contributed by atoms with Gasteiger partial charge in [-0.2, -0.15) is 0 Å². The number of anilines is 2. The van der Waals surface area contributed by atoms with E-state index >= 15 is 0 Å². The Balaban J connectivity index is 1.54. The van der Waals surface area contributed by atoms with Crippen molar-refractivity contribution in [1.29, 1.82) is 0 Å². The molecule has 0 saturated carbocycles. The number of hydrogen-bond acceptors (Lipinski definition) is 9. The highest BCUT2D eigenvalue weighted by Crippen LogP contribution is 2.29. The van der Waals surface area contributed by atoms with Crippen LogP contribution in [-0.4, -0.2) is 71.4 Å². The lowest BCUT2D eigenvalue weighted by molar-refractivity contribution is 0.122. The Morgan fingerprint density at radius 3 is 2.72 bits per heavy atom. The number of nitrogens with one attached hydrogen (secondary N) is 1. The molecular weight excluding hydrogens is 456 g/mol. The van der Waals surface area contributed by atoms with Crippen molar-refractivity contribution in [3.63, 3.8) is 0 Å². The first-order chi connectivity index (χ1) is 17.6. The molecule has 0 aliphatic carbocycles. The van der Waals surface area contributed by atoms with Crippen molar-refractivity contribution >= 4 is 28.3 Å². The van der Waals surface area contributed by atoms with Gasteiger partial charge >= 0.3 is 0 Å². The molecule has 0 unspecified atom stereocenters. The van der Waals surface area contributed by atoms with E-state index in [0.29, 0.717) is 36.9 Å². The number of hydrogen-bond donors (Lipinski definition) is 1. The zero-order chi connectivity index (χ0) is 24.6. The Labute approximate surface area is 208 Å². The van der Waals surface area contributed by atoms with E-state index in [9.17, 15) is 0 Å². The smallest absolute Gasteiger partial charge is 0.203 e. The Bertz CT molecular complexity index is 1520.